The first-order valence-electron chi connectivity index (χ1n) is 6.39. The highest BCUT2D eigenvalue weighted by Crippen LogP contribution is 2.17. The average Bonchev–Trinajstić information content (AvgIpc) is 2.35. The van der Waals surface area contributed by atoms with Gasteiger partial charge in [-0.05, 0) is 24.5 Å². The second kappa shape index (κ2) is 8.14. The third-order valence-corrected chi connectivity index (χ3v) is 2.99. The van der Waals surface area contributed by atoms with Crippen LogP contribution in [0.25, 0.3) is 0 Å². The van der Waals surface area contributed by atoms with Gasteiger partial charge >= 0.3 is 0 Å². The lowest BCUT2D eigenvalue weighted by Gasteiger charge is -2.14. The van der Waals surface area contributed by atoms with E-state index < -0.39 is 0 Å². The fourth-order valence-corrected chi connectivity index (χ4v) is 1.82. The molecule has 0 aliphatic carbocycles. The van der Waals surface area contributed by atoms with Crippen molar-refractivity contribution in [2.24, 2.45) is 5.92 Å². The van der Waals surface area contributed by atoms with E-state index in [9.17, 15) is 0 Å². The van der Waals surface area contributed by atoms with Gasteiger partial charge in [-0.15, -0.1) is 0 Å². The Morgan fingerprint density at radius 2 is 1.94 bits per heavy atom. The molecule has 1 unspecified atom stereocenters. The Morgan fingerprint density at radius 3 is 2.56 bits per heavy atom. The Balaban J connectivity index is 2.18. The summed E-state index contributed by atoms with van der Waals surface area (Å²) in [7, 11) is 0. The first kappa shape index (κ1) is 13.0. The van der Waals surface area contributed by atoms with Crippen LogP contribution in [0, 0.1) is 5.92 Å². The van der Waals surface area contributed by atoms with Crippen LogP contribution in [0.2, 0.25) is 0 Å². The summed E-state index contributed by atoms with van der Waals surface area (Å²) in [5.74, 6) is 1.75. The van der Waals surface area contributed by atoms with Crippen LogP contribution in [-0.4, -0.2) is 11.6 Å². The third kappa shape index (κ3) is 5.15. The molecule has 0 bridgehead atoms. The molecule has 0 saturated heterocycles. The van der Waals surface area contributed by atoms with Crippen LogP contribution in [0.15, 0.2) is 24.5 Å². The fourth-order valence-electron chi connectivity index (χ4n) is 1.82. The summed E-state index contributed by atoms with van der Waals surface area (Å²) in [5, 5.41) is 0. The molecule has 0 radical (unpaired) electrons. The molecule has 0 aromatic carbocycles. The summed E-state index contributed by atoms with van der Waals surface area (Å²) in [6, 6.07) is 3.82. The van der Waals surface area contributed by atoms with Crippen molar-refractivity contribution in [2.45, 2.75) is 46.0 Å². The van der Waals surface area contributed by atoms with E-state index in [1.54, 1.807) is 12.4 Å². The zero-order valence-electron chi connectivity index (χ0n) is 10.5. The molecule has 90 valence electrons. The molecule has 2 heteroatoms. The first-order chi connectivity index (χ1) is 7.86. The van der Waals surface area contributed by atoms with Crippen LogP contribution in [-0.2, 0) is 0 Å². The zero-order valence-corrected chi connectivity index (χ0v) is 10.5. The minimum absolute atomic E-state index is 0.821. The van der Waals surface area contributed by atoms with Crippen molar-refractivity contribution in [3.05, 3.63) is 24.5 Å². The molecule has 0 aliphatic rings. The Hall–Kier alpha value is -1.05. The predicted molar refractivity (Wildman–Crippen MR) is 67.7 cm³/mol. The van der Waals surface area contributed by atoms with Gasteiger partial charge in [-0.2, -0.15) is 0 Å². The summed E-state index contributed by atoms with van der Waals surface area (Å²) < 4.78 is 5.68. The molecule has 0 saturated carbocycles. The molecule has 2 nitrogen and oxygen atoms in total. The van der Waals surface area contributed by atoms with Gasteiger partial charge in [-0.25, -0.2) is 0 Å². The lowest BCUT2D eigenvalue weighted by Crippen LogP contribution is -2.06. The first-order valence-corrected chi connectivity index (χ1v) is 6.39. The fraction of sp³-hybridized carbons (Fsp3) is 0.643. The Labute approximate surface area is 99.0 Å². The van der Waals surface area contributed by atoms with Crippen molar-refractivity contribution in [3.8, 4) is 5.75 Å². The van der Waals surface area contributed by atoms with Crippen molar-refractivity contribution < 1.29 is 4.74 Å². The van der Waals surface area contributed by atoms with Gasteiger partial charge in [-0.1, -0.05) is 39.5 Å². The minimum Gasteiger partial charge on any atom is -0.493 e. The molecular weight excluding hydrogens is 198 g/mol. The second-order valence-electron chi connectivity index (χ2n) is 4.24. The topological polar surface area (TPSA) is 22.1 Å². The van der Waals surface area contributed by atoms with Gasteiger partial charge in [0.2, 0.25) is 0 Å². The number of nitrogens with zero attached hydrogens (tertiary/aromatic N) is 1. The number of rotatable bonds is 8. The zero-order chi connectivity index (χ0) is 11.6. The van der Waals surface area contributed by atoms with E-state index in [0.29, 0.717) is 0 Å². The molecule has 16 heavy (non-hydrogen) atoms. The molecule has 0 fully saturated rings. The highest BCUT2D eigenvalue weighted by molar-refractivity contribution is 5.16. The van der Waals surface area contributed by atoms with Crippen LogP contribution in [0.5, 0.6) is 5.75 Å². The van der Waals surface area contributed by atoms with Gasteiger partial charge in [0.1, 0.15) is 5.75 Å². The maximum atomic E-state index is 5.68. The van der Waals surface area contributed by atoms with Gasteiger partial charge in [0.05, 0.1) is 6.61 Å². The van der Waals surface area contributed by atoms with Crippen molar-refractivity contribution in [3.63, 3.8) is 0 Å². The van der Waals surface area contributed by atoms with E-state index >= 15 is 0 Å². The second-order valence-corrected chi connectivity index (χ2v) is 4.24. The molecule has 0 N–H and O–H groups in total. The van der Waals surface area contributed by atoms with E-state index in [1.165, 1.54) is 32.1 Å². The Morgan fingerprint density at radius 1 is 1.19 bits per heavy atom. The van der Waals surface area contributed by atoms with Crippen molar-refractivity contribution >= 4 is 0 Å². The van der Waals surface area contributed by atoms with E-state index in [1.807, 2.05) is 12.1 Å². The maximum Gasteiger partial charge on any atom is 0.122 e. The smallest absolute Gasteiger partial charge is 0.122 e. The summed E-state index contributed by atoms with van der Waals surface area (Å²) in [6.07, 6.45) is 9.94. The SMILES string of the molecule is CCCCC(CC)CCOc1ccncc1. The lowest BCUT2D eigenvalue weighted by atomic mass is 9.96. The molecule has 0 spiro atoms. The molecule has 1 atom stereocenters. The van der Waals surface area contributed by atoms with Gasteiger partial charge < -0.3 is 4.74 Å². The number of hydrogen-bond acceptors (Lipinski definition) is 2. The molecule has 0 aliphatic heterocycles. The van der Waals surface area contributed by atoms with E-state index in [4.69, 9.17) is 4.74 Å². The lowest BCUT2D eigenvalue weighted by molar-refractivity contribution is 0.266. The standard InChI is InChI=1S/C14H23NO/c1-3-5-6-13(4-2)9-12-16-14-7-10-15-11-8-14/h7-8,10-11,13H,3-6,9,12H2,1-2H3. The highest BCUT2D eigenvalue weighted by atomic mass is 16.5. The van der Waals surface area contributed by atoms with Gasteiger partial charge in [0.25, 0.3) is 0 Å². The van der Waals surface area contributed by atoms with Crippen molar-refractivity contribution in [2.75, 3.05) is 6.61 Å². The summed E-state index contributed by atoms with van der Waals surface area (Å²) in [5.41, 5.74) is 0. The number of unbranched alkanes of at least 4 members (excludes halogenated alkanes) is 1. The Bertz CT molecular complexity index is 261. The van der Waals surface area contributed by atoms with Crippen molar-refractivity contribution in [1.29, 1.82) is 0 Å². The maximum absolute atomic E-state index is 5.68. The monoisotopic (exact) mass is 221 g/mol. The molecule has 0 amide bonds. The summed E-state index contributed by atoms with van der Waals surface area (Å²) in [4.78, 5) is 3.97. The number of pyridine rings is 1. The summed E-state index contributed by atoms with van der Waals surface area (Å²) >= 11 is 0. The predicted octanol–water partition coefficient (Wildman–Crippen LogP) is 4.07. The van der Waals surface area contributed by atoms with Crippen LogP contribution in [0.3, 0.4) is 0 Å². The van der Waals surface area contributed by atoms with Crippen LogP contribution < -0.4 is 4.74 Å². The average molecular weight is 221 g/mol. The largest absolute Gasteiger partial charge is 0.493 e. The normalized spacial score (nSPS) is 12.4. The van der Waals surface area contributed by atoms with Gasteiger partial charge in [0.15, 0.2) is 0 Å². The quantitative estimate of drug-likeness (QED) is 0.660. The van der Waals surface area contributed by atoms with E-state index in [-0.39, 0.29) is 0 Å². The van der Waals surface area contributed by atoms with E-state index in [2.05, 4.69) is 18.8 Å². The van der Waals surface area contributed by atoms with Gasteiger partial charge in [0, 0.05) is 12.4 Å². The molecule has 1 heterocycles. The van der Waals surface area contributed by atoms with Gasteiger partial charge in [-0.3, -0.25) is 4.98 Å². The summed E-state index contributed by atoms with van der Waals surface area (Å²) in [6.45, 7) is 5.35. The minimum atomic E-state index is 0.821. The Kier molecular flexibility index (Phi) is 6.62. The number of ether oxygens (including phenoxy) is 1. The number of hydrogen-bond donors (Lipinski definition) is 0. The van der Waals surface area contributed by atoms with Crippen molar-refractivity contribution in [1.82, 2.24) is 4.98 Å². The third-order valence-electron chi connectivity index (χ3n) is 2.99. The molecular formula is C14H23NO. The van der Waals surface area contributed by atoms with Crippen LogP contribution in [0.4, 0.5) is 0 Å². The molecule has 1 rings (SSSR count). The highest BCUT2D eigenvalue weighted by Gasteiger charge is 2.05. The molecule has 1 aromatic rings. The van der Waals surface area contributed by atoms with Crippen LogP contribution in [0.1, 0.15) is 46.0 Å². The molecule has 1 aromatic heterocycles. The van der Waals surface area contributed by atoms with E-state index in [0.717, 1.165) is 18.3 Å². The van der Waals surface area contributed by atoms with Crippen LogP contribution >= 0.6 is 0 Å². The number of aromatic nitrogens is 1.